The van der Waals surface area contributed by atoms with Gasteiger partial charge in [-0.05, 0) is 81.0 Å². The van der Waals surface area contributed by atoms with Gasteiger partial charge in [0.15, 0.2) is 5.79 Å². The van der Waals surface area contributed by atoms with Gasteiger partial charge in [0.1, 0.15) is 12.7 Å². The molecule has 5 rings (SSSR count). The average Bonchev–Trinajstić information content (AvgIpc) is 3.42. The van der Waals surface area contributed by atoms with Crippen molar-refractivity contribution in [2.75, 3.05) is 18.5 Å². The molecule has 9 heteroatoms. The number of rotatable bonds is 9. The summed E-state index contributed by atoms with van der Waals surface area (Å²) in [5.41, 5.74) is 8.68. The van der Waals surface area contributed by atoms with Crippen molar-refractivity contribution in [1.29, 1.82) is 0 Å². The summed E-state index contributed by atoms with van der Waals surface area (Å²) in [5, 5.41) is 5.22. The van der Waals surface area contributed by atoms with Crippen molar-refractivity contribution in [3.05, 3.63) is 76.5 Å². The highest BCUT2D eigenvalue weighted by Crippen LogP contribution is 2.33. The molecule has 210 valence electrons. The Labute approximate surface area is 239 Å². The number of carbonyl (C=O) groups is 2. The lowest BCUT2D eigenvalue weighted by Crippen LogP contribution is -2.25. The first-order valence-corrected chi connectivity index (χ1v) is 14.3. The van der Waals surface area contributed by atoms with Crippen molar-refractivity contribution in [3.63, 3.8) is 0 Å². The molecule has 2 N–H and O–H groups in total. The van der Waals surface area contributed by atoms with Crippen LogP contribution in [0.3, 0.4) is 0 Å². The second-order valence-corrected chi connectivity index (χ2v) is 11.9. The Hall–Kier alpha value is -3.40. The molecule has 1 aromatic heterocycles. The zero-order valence-corrected chi connectivity index (χ0v) is 24.3. The zero-order chi connectivity index (χ0) is 28.4. The summed E-state index contributed by atoms with van der Waals surface area (Å²) < 4.78 is 17.4. The largest absolute Gasteiger partial charge is 0.475 e. The molecule has 2 amide bonds. The van der Waals surface area contributed by atoms with Gasteiger partial charge in [-0.3, -0.25) is 14.9 Å². The van der Waals surface area contributed by atoms with Crippen LogP contribution in [0.15, 0.2) is 48.5 Å². The molecule has 2 aliphatic heterocycles. The van der Waals surface area contributed by atoms with Crippen LogP contribution < -0.4 is 15.4 Å². The minimum atomic E-state index is -0.575. The van der Waals surface area contributed by atoms with Gasteiger partial charge in [0.05, 0.1) is 11.9 Å². The van der Waals surface area contributed by atoms with Crippen LogP contribution in [0.1, 0.15) is 41.8 Å². The van der Waals surface area contributed by atoms with E-state index in [1.165, 1.54) is 11.1 Å². The minimum Gasteiger partial charge on any atom is -0.475 e. The predicted molar refractivity (Wildman–Crippen MR) is 157 cm³/mol. The molecule has 0 saturated carbocycles. The number of hydrogen-bond donors (Lipinski definition) is 2. The van der Waals surface area contributed by atoms with Crippen molar-refractivity contribution < 1.29 is 23.8 Å². The fourth-order valence-electron chi connectivity index (χ4n) is 5.14. The first-order valence-electron chi connectivity index (χ1n) is 13.4. The molecule has 40 heavy (non-hydrogen) atoms. The van der Waals surface area contributed by atoms with Gasteiger partial charge in [-0.1, -0.05) is 42.1 Å². The van der Waals surface area contributed by atoms with E-state index in [4.69, 9.17) is 19.2 Å². The SMILES string of the molecule is Cc1cc(OC[C@H]2COC(C)(C)O2)nc(C)c1-c1cccc(CNc2ccc(CC3SC(=O)NC3=O)cc2)c1C. The number of nitrogens with one attached hydrogen (secondary N) is 2. The van der Waals surface area contributed by atoms with Crippen LogP contribution in [0.4, 0.5) is 10.5 Å². The van der Waals surface area contributed by atoms with Gasteiger partial charge >= 0.3 is 0 Å². The number of thioether (sulfide) groups is 1. The molecule has 2 aliphatic rings. The lowest BCUT2D eigenvalue weighted by molar-refractivity contribution is -0.141. The number of aromatic nitrogens is 1. The van der Waals surface area contributed by atoms with E-state index in [0.717, 1.165) is 45.4 Å². The Morgan fingerprint density at radius 1 is 1.12 bits per heavy atom. The topological polar surface area (TPSA) is 98.8 Å². The molecule has 3 aromatic rings. The molecular weight excluding hydrogens is 526 g/mol. The number of hydrogen-bond acceptors (Lipinski definition) is 8. The molecule has 2 atom stereocenters. The number of aryl methyl sites for hydroxylation is 2. The highest BCUT2D eigenvalue weighted by molar-refractivity contribution is 8.15. The van der Waals surface area contributed by atoms with Crippen molar-refractivity contribution in [2.45, 2.75) is 64.7 Å². The van der Waals surface area contributed by atoms with Crippen LogP contribution in [0.5, 0.6) is 5.88 Å². The third-order valence-corrected chi connectivity index (χ3v) is 8.18. The molecule has 3 heterocycles. The Balaban J connectivity index is 1.23. The highest BCUT2D eigenvalue weighted by Gasteiger charge is 2.33. The molecular formula is C31H35N3O5S. The van der Waals surface area contributed by atoms with E-state index < -0.39 is 5.79 Å². The van der Waals surface area contributed by atoms with Gasteiger partial charge in [0.2, 0.25) is 11.8 Å². The van der Waals surface area contributed by atoms with Crippen LogP contribution in [0.25, 0.3) is 11.1 Å². The monoisotopic (exact) mass is 561 g/mol. The Morgan fingerprint density at radius 2 is 1.90 bits per heavy atom. The minimum absolute atomic E-state index is 0.113. The second-order valence-electron chi connectivity index (χ2n) is 10.7. The summed E-state index contributed by atoms with van der Waals surface area (Å²) in [4.78, 5) is 28.0. The lowest BCUT2D eigenvalue weighted by Gasteiger charge is -2.19. The number of anilines is 1. The van der Waals surface area contributed by atoms with E-state index in [-0.39, 0.29) is 22.5 Å². The first kappa shape index (κ1) is 28.1. The zero-order valence-electron chi connectivity index (χ0n) is 23.5. The summed E-state index contributed by atoms with van der Waals surface area (Å²) in [6.45, 7) is 11.6. The fraction of sp³-hybridized carbons (Fsp3) is 0.387. The number of amides is 2. The van der Waals surface area contributed by atoms with E-state index in [0.29, 0.717) is 32.1 Å². The number of benzene rings is 2. The number of ether oxygens (including phenoxy) is 3. The van der Waals surface area contributed by atoms with E-state index in [2.05, 4.69) is 42.7 Å². The number of nitrogens with zero attached hydrogens (tertiary/aromatic N) is 1. The van der Waals surface area contributed by atoms with Crippen LogP contribution in [-0.2, 0) is 27.2 Å². The molecule has 0 spiro atoms. The normalized spacial score (nSPS) is 20.0. The Kier molecular flexibility index (Phi) is 8.16. The average molecular weight is 562 g/mol. The second kappa shape index (κ2) is 11.6. The maximum Gasteiger partial charge on any atom is 0.286 e. The fourth-order valence-corrected chi connectivity index (χ4v) is 6.00. The third-order valence-electron chi connectivity index (χ3n) is 7.20. The number of pyridine rings is 1. The molecule has 0 bridgehead atoms. The van der Waals surface area contributed by atoms with Crippen molar-refractivity contribution in [2.24, 2.45) is 0 Å². The van der Waals surface area contributed by atoms with Gasteiger partial charge in [0, 0.05) is 29.6 Å². The molecule has 2 aromatic carbocycles. The van der Waals surface area contributed by atoms with Crippen molar-refractivity contribution >= 4 is 28.6 Å². The summed E-state index contributed by atoms with van der Waals surface area (Å²) in [6.07, 6.45) is 0.416. The first-order chi connectivity index (χ1) is 19.1. The van der Waals surface area contributed by atoms with Crippen LogP contribution in [0, 0.1) is 20.8 Å². The summed E-state index contributed by atoms with van der Waals surface area (Å²) in [5.74, 6) is -0.202. The Bertz CT molecular complexity index is 1400. The van der Waals surface area contributed by atoms with E-state index in [9.17, 15) is 9.59 Å². The van der Waals surface area contributed by atoms with Crippen LogP contribution in [0.2, 0.25) is 0 Å². The summed E-state index contributed by atoms with van der Waals surface area (Å²) >= 11 is 1.06. The van der Waals surface area contributed by atoms with E-state index >= 15 is 0 Å². The molecule has 0 radical (unpaired) electrons. The number of imide groups is 1. The molecule has 8 nitrogen and oxygen atoms in total. The summed E-state index contributed by atoms with van der Waals surface area (Å²) in [7, 11) is 0. The molecule has 2 saturated heterocycles. The van der Waals surface area contributed by atoms with Gasteiger partial charge in [0.25, 0.3) is 5.24 Å². The smallest absolute Gasteiger partial charge is 0.286 e. The number of carbonyl (C=O) groups excluding carboxylic acids is 2. The lowest BCUT2D eigenvalue weighted by atomic mass is 9.92. The quantitative estimate of drug-likeness (QED) is 0.343. The van der Waals surface area contributed by atoms with Crippen molar-refractivity contribution in [3.8, 4) is 17.0 Å². The highest BCUT2D eigenvalue weighted by atomic mass is 32.2. The van der Waals surface area contributed by atoms with Gasteiger partial charge in [-0.25, -0.2) is 4.98 Å². The Morgan fingerprint density at radius 3 is 2.55 bits per heavy atom. The van der Waals surface area contributed by atoms with Gasteiger partial charge < -0.3 is 19.5 Å². The maximum absolute atomic E-state index is 11.9. The standard InChI is InChI=1S/C31H35N3O5S/c1-18-13-27(37-16-24-17-38-31(4,5)39-24)33-20(3)28(18)25-8-6-7-22(19(25)2)15-32-23-11-9-21(10-12-23)14-26-29(35)34-30(36)40-26/h6-13,24,26,32H,14-17H2,1-5H3,(H,34,35,36)/t24-,26?/m0/s1. The van der Waals surface area contributed by atoms with Crippen LogP contribution in [-0.4, -0.2) is 46.5 Å². The van der Waals surface area contributed by atoms with Gasteiger partial charge in [-0.2, -0.15) is 0 Å². The summed E-state index contributed by atoms with van der Waals surface area (Å²) in [6, 6.07) is 16.3. The van der Waals surface area contributed by atoms with E-state index in [1.54, 1.807) is 0 Å². The third kappa shape index (κ3) is 6.49. The van der Waals surface area contributed by atoms with Crippen molar-refractivity contribution in [1.82, 2.24) is 10.3 Å². The molecule has 2 fully saturated rings. The molecule has 0 aliphatic carbocycles. The van der Waals surface area contributed by atoms with Gasteiger partial charge in [-0.15, -0.1) is 0 Å². The van der Waals surface area contributed by atoms with E-state index in [1.807, 2.05) is 51.1 Å². The molecule has 1 unspecified atom stereocenters. The predicted octanol–water partition coefficient (Wildman–Crippen LogP) is 5.71. The maximum atomic E-state index is 11.9. The van der Waals surface area contributed by atoms with Crippen LogP contribution >= 0.6 is 11.8 Å².